The summed E-state index contributed by atoms with van der Waals surface area (Å²) in [5.74, 6) is -0.379. The highest BCUT2D eigenvalue weighted by atomic mass is 16.5. The fourth-order valence-corrected chi connectivity index (χ4v) is 1.84. The van der Waals surface area contributed by atoms with Crippen LogP contribution in [-0.4, -0.2) is 22.8 Å². The summed E-state index contributed by atoms with van der Waals surface area (Å²) in [6.07, 6.45) is 1.50. The van der Waals surface area contributed by atoms with E-state index in [1.807, 2.05) is 0 Å². The van der Waals surface area contributed by atoms with Gasteiger partial charge in [0.1, 0.15) is 11.8 Å². The highest BCUT2D eigenvalue weighted by Gasteiger charge is 2.15. The van der Waals surface area contributed by atoms with Crippen molar-refractivity contribution in [3.8, 4) is 5.75 Å². The standard InChI is InChI=1S/C13H13NO4/c1-8(13(16)17)14-6-5-12(15)10-7-9(18-2)3-4-11(10)14/h3-8H,1-2H3,(H,16,17). The zero-order chi connectivity index (χ0) is 13.3. The number of aromatic nitrogens is 1. The molecule has 1 aromatic heterocycles. The number of carbonyl (C=O) groups is 1. The van der Waals surface area contributed by atoms with Crippen LogP contribution in [0.1, 0.15) is 13.0 Å². The molecule has 0 bridgehead atoms. The third-order valence-electron chi connectivity index (χ3n) is 2.91. The van der Waals surface area contributed by atoms with Crippen LogP contribution in [0, 0.1) is 0 Å². The first-order valence-corrected chi connectivity index (χ1v) is 5.46. The molecule has 0 aliphatic heterocycles. The Morgan fingerprint density at radius 3 is 2.72 bits per heavy atom. The van der Waals surface area contributed by atoms with Crippen molar-refractivity contribution in [2.45, 2.75) is 13.0 Å². The monoisotopic (exact) mass is 247 g/mol. The van der Waals surface area contributed by atoms with Crippen LogP contribution in [0.4, 0.5) is 0 Å². The topological polar surface area (TPSA) is 68.5 Å². The first kappa shape index (κ1) is 12.2. The smallest absolute Gasteiger partial charge is 0.326 e. The second-order valence-electron chi connectivity index (χ2n) is 3.98. The van der Waals surface area contributed by atoms with Gasteiger partial charge in [-0.3, -0.25) is 4.79 Å². The van der Waals surface area contributed by atoms with Crippen molar-refractivity contribution in [1.29, 1.82) is 0 Å². The number of ether oxygens (including phenoxy) is 1. The summed E-state index contributed by atoms with van der Waals surface area (Å²) in [5, 5.41) is 9.49. The molecular formula is C13H13NO4. The second-order valence-corrected chi connectivity index (χ2v) is 3.98. The molecule has 1 heterocycles. The van der Waals surface area contributed by atoms with E-state index >= 15 is 0 Å². The van der Waals surface area contributed by atoms with Crippen LogP contribution < -0.4 is 10.2 Å². The van der Waals surface area contributed by atoms with Crippen molar-refractivity contribution in [3.05, 3.63) is 40.7 Å². The van der Waals surface area contributed by atoms with Crippen LogP contribution in [-0.2, 0) is 4.79 Å². The molecular weight excluding hydrogens is 234 g/mol. The Morgan fingerprint density at radius 2 is 2.11 bits per heavy atom. The Balaban J connectivity index is 2.75. The Kier molecular flexibility index (Phi) is 3.06. The minimum Gasteiger partial charge on any atom is -0.497 e. The van der Waals surface area contributed by atoms with E-state index in [0.29, 0.717) is 16.7 Å². The lowest BCUT2D eigenvalue weighted by Gasteiger charge is -2.15. The molecule has 5 nitrogen and oxygen atoms in total. The summed E-state index contributed by atoms with van der Waals surface area (Å²) in [7, 11) is 1.52. The number of nitrogens with zero attached hydrogens (tertiary/aromatic N) is 1. The van der Waals surface area contributed by atoms with Gasteiger partial charge in [0.2, 0.25) is 0 Å². The van der Waals surface area contributed by atoms with E-state index in [0.717, 1.165) is 0 Å². The highest BCUT2D eigenvalue weighted by Crippen LogP contribution is 2.20. The Bertz CT molecular complexity index is 660. The number of benzene rings is 1. The van der Waals surface area contributed by atoms with Crippen LogP contribution in [0.15, 0.2) is 35.3 Å². The first-order chi connectivity index (χ1) is 8.54. The maximum atomic E-state index is 11.8. The molecule has 18 heavy (non-hydrogen) atoms. The van der Waals surface area contributed by atoms with Crippen LogP contribution in [0.5, 0.6) is 5.75 Å². The molecule has 2 aromatic rings. The molecule has 5 heteroatoms. The van der Waals surface area contributed by atoms with Gasteiger partial charge in [0, 0.05) is 17.6 Å². The molecule has 94 valence electrons. The van der Waals surface area contributed by atoms with Crippen molar-refractivity contribution in [2.75, 3.05) is 7.11 Å². The van der Waals surface area contributed by atoms with Gasteiger partial charge in [0.25, 0.3) is 0 Å². The number of methoxy groups -OCH3 is 1. The summed E-state index contributed by atoms with van der Waals surface area (Å²) in [6, 6.07) is 5.63. The number of fused-ring (bicyclic) bond motifs is 1. The van der Waals surface area contributed by atoms with Gasteiger partial charge < -0.3 is 14.4 Å². The summed E-state index contributed by atoms with van der Waals surface area (Å²) >= 11 is 0. The van der Waals surface area contributed by atoms with E-state index in [1.54, 1.807) is 29.7 Å². The van der Waals surface area contributed by atoms with Crippen molar-refractivity contribution in [1.82, 2.24) is 4.57 Å². The molecule has 0 saturated heterocycles. The molecule has 0 aliphatic rings. The van der Waals surface area contributed by atoms with Gasteiger partial charge >= 0.3 is 5.97 Å². The average molecular weight is 247 g/mol. The molecule has 0 fully saturated rings. The predicted molar refractivity (Wildman–Crippen MR) is 67.1 cm³/mol. The maximum absolute atomic E-state index is 11.8. The first-order valence-electron chi connectivity index (χ1n) is 5.46. The van der Waals surface area contributed by atoms with Crippen molar-refractivity contribution in [2.24, 2.45) is 0 Å². The van der Waals surface area contributed by atoms with E-state index < -0.39 is 12.0 Å². The minimum absolute atomic E-state index is 0.155. The molecule has 0 amide bonds. The second kappa shape index (κ2) is 4.52. The van der Waals surface area contributed by atoms with Gasteiger partial charge in [-0.05, 0) is 25.1 Å². The van der Waals surface area contributed by atoms with E-state index in [4.69, 9.17) is 9.84 Å². The molecule has 2 rings (SSSR count). The van der Waals surface area contributed by atoms with Gasteiger partial charge in [-0.1, -0.05) is 0 Å². The Morgan fingerprint density at radius 1 is 1.39 bits per heavy atom. The largest absolute Gasteiger partial charge is 0.497 e. The summed E-state index contributed by atoms with van der Waals surface area (Å²) in [5.41, 5.74) is 0.427. The van der Waals surface area contributed by atoms with Crippen LogP contribution in [0.2, 0.25) is 0 Å². The normalized spacial score (nSPS) is 12.3. The molecule has 0 radical (unpaired) electrons. The van der Waals surface area contributed by atoms with Crippen LogP contribution in [0.25, 0.3) is 10.9 Å². The third-order valence-corrected chi connectivity index (χ3v) is 2.91. The minimum atomic E-state index is -0.948. The fraction of sp³-hybridized carbons (Fsp3) is 0.231. The number of aliphatic carboxylic acids is 1. The lowest BCUT2D eigenvalue weighted by Crippen LogP contribution is -2.18. The molecule has 1 aromatic carbocycles. The number of rotatable bonds is 3. The SMILES string of the molecule is COc1ccc2c(c1)c(=O)ccn2C(C)C(=O)O. The summed E-state index contributed by atoms with van der Waals surface area (Å²) in [6.45, 7) is 1.57. The van der Waals surface area contributed by atoms with Crippen molar-refractivity contribution >= 4 is 16.9 Å². The lowest BCUT2D eigenvalue weighted by atomic mass is 10.1. The van der Waals surface area contributed by atoms with Gasteiger partial charge in [-0.15, -0.1) is 0 Å². The third kappa shape index (κ3) is 1.95. The lowest BCUT2D eigenvalue weighted by molar-refractivity contribution is -0.140. The molecule has 1 atom stereocenters. The predicted octanol–water partition coefficient (Wildman–Crippen LogP) is 1.66. The van der Waals surface area contributed by atoms with E-state index in [9.17, 15) is 9.59 Å². The van der Waals surface area contributed by atoms with Crippen molar-refractivity contribution in [3.63, 3.8) is 0 Å². The van der Waals surface area contributed by atoms with E-state index in [-0.39, 0.29) is 5.43 Å². The Labute approximate surface area is 103 Å². The van der Waals surface area contributed by atoms with Gasteiger partial charge in [-0.25, -0.2) is 4.79 Å². The zero-order valence-corrected chi connectivity index (χ0v) is 10.1. The molecule has 1 unspecified atom stereocenters. The maximum Gasteiger partial charge on any atom is 0.326 e. The van der Waals surface area contributed by atoms with E-state index in [2.05, 4.69) is 0 Å². The fourth-order valence-electron chi connectivity index (χ4n) is 1.84. The van der Waals surface area contributed by atoms with Gasteiger partial charge in [0.05, 0.1) is 12.6 Å². The number of carboxylic acid groups (broad SMARTS) is 1. The molecule has 0 spiro atoms. The number of carboxylic acids is 1. The summed E-state index contributed by atoms with van der Waals surface area (Å²) in [4.78, 5) is 22.8. The van der Waals surface area contributed by atoms with Crippen LogP contribution in [0.3, 0.4) is 0 Å². The Hall–Kier alpha value is -2.30. The average Bonchev–Trinajstić information content (AvgIpc) is 2.38. The van der Waals surface area contributed by atoms with Crippen molar-refractivity contribution < 1.29 is 14.6 Å². The number of pyridine rings is 1. The molecule has 0 aliphatic carbocycles. The summed E-state index contributed by atoms with van der Waals surface area (Å²) < 4.78 is 6.61. The number of hydrogen-bond donors (Lipinski definition) is 1. The number of hydrogen-bond acceptors (Lipinski definition) is 3. The van der Waals surface area contributed by atoms with E-state index in [1.165, 1.54) is 19.4 Å². The molecule has 1 N–H and O–H groups in total. The van der Waals surface area contributed by atoms with Gasteiger partial charge in [0.15, 0.2) is 5.43 Å². The van der Waals surface area contributed by atoms with Crippen LogP contribution >= 0.6 is 0 Å². The zero-order valence-electron chi connectivity index (χ0n) is 10.1. The van der Waals surface area contributed by atoms with Gasteiger partial charge in [-0.2, -0.15) is 0 Å². The highest BCUT2D eigenvalue weighted by molar-refractivity contribution is 5.82. The molecule has 0 saturated carbocycles. The quantitative estimate of drug-likeness (QED) is 0.895.